The van der Waals surface area contributed by atoms with E-state index in [2.05, 4.69) is 31.9 Å². The maximum atomic E-state index is 11.7. The quantitative estimate of drug-likeness (QED) is 0.198. The zero-order valence-electron chi connectivity index (χ0n) is 27.0. The second-order valence-electron chi connectivity index (χ2n) is 12.9. The lowest BCUT2D eigenvalue weighted by atomic mass is 9.87. The molecule has 1 unspecified atom stereocenters. The fourth-order valence-corrected chi connectivity index (χ4v) is 7.73. The second kappa shape index (κ2) is 13.8. The molecule has 250 valence electrons. The molecule has 3 N–H and O–H groups in total. The summed E-state index contributed by atoms with van der Waals surface area (Å²) in [6.45, 7) is 3.30. The molecule has 0 saturated carbocycles. The molecule has 1 atom stereocenters. The Kier molecular flexibility index (Phi) is 9.27. The zero-order valence-corrected chi connectivity index (χ0v) is 28.5. The number of rotatable bonds is 10. The van der Waals surface area contributed by atoms with E-state index in [1.54, 1.807) is 13.3 Å². The summed E-state index contributed by atoms with van der Waals surface area (Å²) in [6.07, 6.45) is 4.49. The van der Waals surface area contributed by atoms with Gasteiger partial charge >= 0.3 is 0 Å². The number of halogens is 2. The molecular formula is C37H35Cl2N7O3. The third-order valence-corrected chi connectivity index (χ3v) is 10.4. The number of nitrogens with zero attached hydrogens (tertiary/aromatic N) is 4. The first kappa shape index (κ1) is 33.0. The highest BCUT2D eigenvalue weighted by molar-refractivity contribution is 6.39. The SMILES string of the molecule is COc1nc(-c2cccc(-c3cccc(-c4ccc(CN5CC6(CCC(=O)N6)C5)c(C#N)c4)c3Cl)c2Cl)cnc1CNCC1CCC(=O)N1. The van der Waals surface area contributed by atoms with Crippen LogP contribution in [0.25, 0.3) is 33.5 Å². The van der Waals surface area contributed by atoms with Gasteiger partial charge in [-0.05, 0) is 30.0 Å². The van der Waals surface area contributed by atoms with Crippen LogP contribution in [0.15, 0.2) is 60.8 Å². The van der Waals surface area contributed by atoms with Gasteiger partial charge in [-0.15, -0.1) is 0 Å². The van der Waals surface area contributed by atoms with E-state index in [0.717, 1.165) is 53.7 Å². The third-order valence-electron chi connectivity index (χ3n) is 9.56. The number of methoxy groups -OCH3 is 1. The lowest BCUT2D eigenvalue weighted by Crippen LogP contribution is -2.66. The van der Waals surface area contributed by atoms with Gasteiger partial charge in [0.1, 0.15) is 5.69 Å². The molecule has 49 heavy (non-hydrogen) atoms. The fraction of sp³-hybridized carbons (Fsp3) is 0.324. The molecular weight excluding hydrogens is 661 g/mol. The van der Waals surface area contributed by atoms with E-state index in [1.807, 2.05) is 54.6 Å². The molecule has 3 aliphatic rings. The Balaban J connectivity index is 1.10. The van der Waals surface area contributed by atoms with Crippen LogP contribution in [-0.4, -0.2) is 65.0 Å². The number of carbonyl (C=O) groups excluding carboxylic acids is 2. The van der Waals surface area contributed by atoms with Crippen molar-refractivity contribution in [2.45, 2.75) is 50.4 Å². The van der Waals surface area contributed by atoms with Crippen LogP contribution < -0.4 is 20.7 Å². The molecule has 4 aromatic rings. The smallest absolute Gasteiger partial charge is 0.237 e. The number of amides is 2. The molecule has 12 heteroatoms. The number of hydrogen-bond acceptors (Lipinski definition) is 8. The molecule has 3 saturated heterocycles. The van der Waals surface area contributed by atoms with E-state index in [1.165, 1.54) is 0 Å². The maximum absolute atomic E-state index is 11.7. The molecule has 4 heterocycles. The average molecular weight is 697 g/mol. The van der Waals surface area contributed by atoms with Gasteiger partial charge in [0, 0.05) is 73.9 Å². The van der Waals surface area contributed by atoms with Crippen molar-refractivity contribution in [2.75, 3.05) is 26.7 Å². The molecule has 1 spiro atoms. The monoisotopic (exact) mass is 695 g/mol. The summed E-state index contributed by atoms with van der Waals surface area (Å²) in [6, 6.07) is 19.8. The first-order valence-electron chi connectivity index (χ1n) is 16.3. The average Bonchev–Trinajstić information content (AvgIpc) is 3.70. The lowest BCUT2D eigenvalue weighted by molar-refractivity contribution is -0.121. The number of hydrogen-bond donors (Lipinski definition) is 3. The van der Waals surface area contributed by atoms with Crippen molar-refractivity contribution in [3.8, 4) is 45.5 Å². The molecule has 3 fully saturated rings. The molecule has 0 aliphatic carbocycles. The van der Waals surface area contributed by atoms with E-state index >= 15 is 0 Å². The highest BCUT2D eigenvalue weighted by atomic mass is 35.5. The van der Waals surface area contributed by atoms with Crippen molar-refractivity contribution >= 4 is 35.0 Å². The molecule has 10 nitrogen and oxygen atoms in total. The summed E-state index contributed by atoms with van der Waals surface area (Å²) in [4.78, 5) is 34.8. The third kappa shape index (κ3) is 6.72. The van der Waals surface area contributed by atoms with E-state index in [4.69, 9.17) is 32.9 Å². The normalized spacial score (nSPS) is 18.2. The molecule has 2 amide bonds. The minimum absolute atomic E-state index is 0.0806. The van der Waals surface area contributed by atoms with Crippen LogP contribution >= 0.6 is 23.2 Å². The first-order chi connectivity index (χ1) is 23.8. The van der Waals surface area contributed by atoms with Crippen LogP contribution in [0.1, 0.15) is 42.5 Å². The van der Waals surface area contributed by atoms with Gasteiger partial charge in [0.05, 0.1) is 46.2 Å². The van der Waals surface area contributed by atoms with E-state index < -0.39 is 0 Å². The summed E-state index contributed by atoms with van der Waals surface area (Å²) in [7, 11) is 1.55. The topological polar surface area (TPSA) is 132 Å². The van der Waals surface area contributed by atoms with Gasteiger partial charge in [-0.25, -0.2) is 4.98 Å². The highest BCUT2D eigenvalue weighted by Crippen LogP contribution is 2.42. The van der Waals surface area contributed by atoms with Gasteiger partial charge in [-0.1, -0.05) is 71.7 Å². The van der Waals surface area contributed by atoms with Crippen molar-refractivity contribution in [2.24, 2.45) is 0 Å². The van der Waals surface area contributed by atoms with E-state index in [0.29, 0.717) is 70.9 Å². The predicted molar refractivity (Wildman–Crippen MR) is 188 cm³/mol. The Labute approximate surface area is 294 Å². The van der Waals surface area contributed by atoms with Crippen LogP contribution in [0, 0.1) is 11.3 Å². The second-order valence-corrected chi connectivity index (χ2v) is 13.7. The summed E-state index contributed by atoms with van der Waals surface area (Å²) >= 11 is 14.1. The van der Waals surface area contributed by atoms with Gasteiger partial charge in [-0.2, -0.15) is 5.26 Å². The summed E-state index contributed by atoms with van der Waals surface area (Å²) in [5.74, 6) is 0.587. The Hall–Kier alpha value is -4.53. The lowest BCUT2D eigenvalue weighted by Gasteiger charge is -2.48. The summed E-state index contributed by atoms with van der Waals surface area (Å²) in [5, 5.41) is 20.4. The molecule has 3 aliphatic heterocycles. The number of nitrogens with one attached hydrogen (secondary N) is 3. The fourth-order valence-electron chi connectivity index (χ4n) is 7.07. The molecule has 0 bridgehead atoms. The Morgan fingerprint density at radius 3 is 2.43 bits per heavy atom. The minimum atomic E-state index is -0.104. The predicted octanol–water partition coefficient (Wildman–Crippen LogP) is 5.50. The molecule has 3 aromatic carbocycles. The number of nitriles is 1. The summed E-state index contributed by atoms with van der Waals surface area (Å²) in [5.41, 5.74) is 6.41. The van der Waals surface area contributed by atoms with E-state index in [9.17, 15) is 14.9 Å². The summed E-state index contributed by atoms with van der Waals surface area (Å²) < 4.78 is 5.58. The maximum Gasteiger partial charge on any atom is 0.237 e. The van der Waals surface area contributed by atoms with Gasteiger partial charge in [0.15, 0.2) is 0 Å². The first-order valence-corrected chi connectivity index (χ1v) is 17.1. The van der Waals surface area contributed by atoms with Crippen molar-refractivity contribution in [1.29, 1.82) is 5.26 Å². The van der Waals surface area contributed by atoms with Crippen LogP contribution in [0.4, 0.5) is 0 Å². The Bertz CT molecular complexity index is 1990. The number of likely N-dealkylation sites (tertiary alicyclic amines) is 1. The number of ether oxygens (including phenoxy) is 1. The Morgan fingerprint density at radius 1 is 1.02 bits per heavy atom. The van der Waals surface area contributed by atoms with Crippen molar-refractivity contribution in [3.63, 3.8) is 0 Å². The Morgan fingerprint density at radius 2 is 1.76 bits per heavy atom. The number of aromatic nitrogens is 2. The minimum Gasteiger partial charge on any atom is -0.480 e. The van der Waals surface area contributed by atoms with Gasteiger partial charge < -0.3 is 20.7 Å². The zero-order chi connectivity index (χ0) is 34.1. The van der Waals surface area contributed by atoms with E-state index in [-0.39, 0.29) is 23.4 Å². The van der Waals surface area contributed by atoms with Gasteiger partial charge in [0.25, 0.3) is 0 Å². The van der Waals surface area contributed by atoms with Crippen molar-refractivity contribution < 1.29 is 14.3 Å². The molecule has 0 radical (unpaired) electrons. The van der Waals surface area contributed by atoms with Crippen LogP contribution in [0.3, 0.4) is 0 Å². The van der Waals surface area contributed by atoms with Crippen LogP contribution in [-0.2, 0) is 22.7 Å². The molecule has 7 rings (SSSR count). The van der Waals surface area contributed by atoms with Crippen LogP contribution in [0.2, 0.25) is 10.0 Å². The van der Waals surface area contributed by atoms with Crippen molar-refractivity contribution in [3.05, 3.63) is 87.7 Å². The van der Waals surface area contributed by atoms with Gasteiger partial charge in [-0.3, -0.25) is 19.5 Å². The van der Waals surface area contributed by atoms with Gasteiger partial charge in [0.2, 0.25) is 17.7 Å². The van der Waals surface area contributed by atoms with Crippen molar-refractivity contribution in [1.82, 2.24) is 30.8 Å². The standard InChI is InChI=1S/C37H35Cl2N7O3/c1-49-36-31(17-41-16-25-10-11-32(47)43-25)42-18-30(44-36)29-7-3-6-28(35(29)39)27-5-2-4-26(34(27)38)22-8-9-23(24(14-22)15-40)19-46-20-37(21-46)13-12-33(48)45-37/h2-9,14,18,25,41H,10-13,16-17,19-21H2,1H3,(H,43,47)(H,45,48). The largest absolute Gasteiger partial charge is 0.480 e. The molecule has 1 aromatic heterocycles. The van der Waals surface area contributed by atoms with Crippen LogP contribution in [0.5, 0.6) is 5.88 Å². The highest BCUT2D eigenvalue weighted by Gasteiger charge is 2.47. The number of benzene rings is 3. The number of carbonyl (C=O) groups is 2.